The van der Waals surface area contributed by atoms with Gasteiger partial charge < -0.3 is 15.9 Å². The van der Waals surface area contributed by atoms with Crippen molar-refractivity contribution < 1.29 is 15.1 Å². The second-order valence-corrected chi connectivity index (χ2v) is 3.91. The number of aliphatic hydroxyl groups is 2. The molecule has 6 nitrogen and oxygen atoms in total. The fourth-order valence-electron chi connectivity index (χ4n) is 1.61. The van der Waals surface area contributed by atoms with Crippen LogP contribution in [-0.4, -0.2) is 27.8 Å². The molecule has 0 bridgehead atoms. The minimum atomic E-state index is -1.29. The first kappa shape index (κ1) is 13.6. The lowest BCUT2D eigenvalue weighted by atomic mass is 9.98. The monoisotopic (exact) mass is 240 g/mol. The Bertz CT molecular complexity index is 408. The highest BCUT2D eigenvalue weighted by molar-refractivity contribution is 5.44. The number of hydrogen-bond acceptors (Lipinski definition) is 5. The number of nitro groups is 1. The molecule has 0 saturated heterocycles. The lowest BCUT2D eigenvalue weighted by Gasteiger charge is -2.17. The van der Waals surface area contributed by atoms with Gasteiger partial charge in [0.2, 0.25) is 0 Å². The van der Waals surface area contributed by atoms with Crippen LogP contribution in [0.25, 0.3) is 0 Å². The van der Waals surface area contributed by atoms with E-state index in [1.165, 1.54) is 12.1 Å². The molecule has 0 spiro atoms. The van der Waals surface area contributed by atoms with Crippen LogP contribution in [0.1, 0.15) is 23.7 Å². The topological polar surface area (TPSA) is 110 Å². The molecule has 1 rings (SSSR count). The third-order valence-electron chi connectivity index (χ3n) is 2.53. The highest BCUT2D eigenvalue weighted by atomic mass is 16.6. The number of nitrogens with two attached hydrogens (primary N) is 1. The van der Waals surface area contributed by atoms with Crippen molar-refractivity contribution in [3.63, 3.8) is 0 Å². The van der Waals surface area contributed by atoms with Crippen molar-refractivity contribution >= 4 is 5.69 Å². The normalized spacial score (nSPS) is 14.4. The number of aryl methyl sites for hydroxylation is 1. The van der Waals surface area contributed by atoms with Crippen LogP contribution in [0.15, 0.2) is 18.2 Å². The van der Waals surface area contributed by atoms with Crippen LogP contribution in [0, 0.1) is 17.0 Å². The average molecular weight is 240 g/mol. The summed E-state index contributed by atoms with van der Waals surface area (Å²) in [6.07, 6.45) is -2.20. The van der Waals surface area contributed by atoms with Gasteiger partial charge in [-0.2, -0.15) is 0 Å². The lowest BCUT2D eigenvalue weighted by Crippen LogP contribution is -2.22. The van der Waals surface area contributed by atoms with E-state index in [1.807, 2.05) is 0 Å². The Hall–Kier alpha value is -1.50. The summed E-state index contributed by atoms with van der Waals surface area (Å²) in [5.41, 5.74) is 5.98. The average Bonchev–Trinajstić information content (AvgIpc) is 2.27. The minimum Gasteiger partial charge on any atom is -0.390 e. The van der Waals surface area contributed by atoms with Crippen LogP contribution in [0.4, 0.5) is 5.69 Å². The maximum absolute atomic E-state index is 10.8. The van der Waals surface area contributed by atoms with Crippen LogP contribution in [0.5, 0.6) is 0 Å². The smallest absolute Gasteiger partial charge is 0.275 e. The number of hydrogen-bond donors (Lipinski definition) is 3. The van der Waals surface area contributed by atoms with Gasteiger partial charge in [0, 0.05) is 6.07 Å². The summed E-state index contributed by atoms with van der Waals surface area (Å²) < 4.78 is 0. The highest BCUT2D eigenvalue weighted by Crippen LogP contribution is 2.29. The predicted octanol–water partition coefficient (Wildman–Crippen LogP) is 0.646. The molecular formula is C11H16N2O4. The number of nitrogens with zero attached hydrogens (tertiary/aromatic N) is 1. The Morgan fingerprint density at radius 3 is 2.65 bits per heavy atom. The first-order chi connectivity index (χ1) is 7.97. The Kier molecular flexibility index (Phi) is 4.56. The van der Waals surface area contributed by atoms with Gasteiger partial charge in [0.25, 0.3) is 5.69 Å². The van der Waals surface area contributed by atoms with Gasteiger partial charge in [-0.1, -0.05) is 11.6 Å². The van der Waals surface area contributed by atoms with E-state index in [0.29, 0.717) is 0 Å². The van der Waals surface area contributed by atoms with E-state index in [1.54, 1.807) is 13.0 Å². The van der Waals surface area contributed by atoms with Gasteiger partial charge in [0.15, 0.2) is 0 Å². The first-order valence-electron chi connectivity index (χ1n) is 5.28. The SMILES string of the molecule is Cc1ccc([N+](=O)[O-])c(C(O)C(O)CCN)c1. The molecule has 0 heterocycles. The van der Waals surface area contributed by atoms with Gasteiger partial charge in [-0.15, -0.1) is 0 Å². The summed E-state index contributed by atoms with van der Waals surface area (Å²) in [7, 11) is 0. The van der Waals surface area contributed by atoms with E-state index in [-0.39, 0.29) is 24.2 Å². The van der Waals surface area contributed by atoms with Crippen LogP contribution in [-0.2, 0) is 0 Å². The van der Waals surface area contributed by atoms with Gasteiger partial charge in [-0.25, -0.2) is 0 Å². The summed E-state index contributed by atoms with van der Waals surface area (Å²) in [6, 6.07) is 4.41. The molecule has 17 heavy (non-hydrogen) atoms. The molecule has 0 radical (unpaired) electrons. The van der Waals surface area contributed by atoms with Gasteiger partial charge in [-0.05, 0) is 26.0 Å². The standard InChI is InChI=1S/C11H16N2O4/c1-7-2-3-9(13(16)17)8(6-7)11(15)10(14)4-5-12/h2-3,6,10-11,14-15H,4-5,12H2,1H3. The summed E-state index contributed by atoms with van der Waals surface area (Å²) >= 11 is 0. The summed E-state index contributed by atoms with van der Waals surface area (Å²) in [5, 5.41) is 30.3. The third kappa shape index (κ3) is 3.23. The van der Waals surface area contributed by atoms with Crippen molar-refractivity contribution in [1.29, 1.82) is 0 Å². The Balaban J connectivity index is 3.10. The van der Waals surface area contributed by atoms with E-state index in [4.69, 9.17) is 5.73 Å². The second-order valence-electron chi connectivity index (χ2n) is 3.91. The molecule has 0 aliphatic heterocycles. The zero-order valence-electron chi connectivity index (χ0n) is 9.54. The molecule has 4 N–H and O–H groups in total. The fraction of sp³-hybridized carbons (Fsp3) is 0.455. The third-order valence-corrected chi connectivity index (χ3v) is 2.53. The largest absolute Gasteiger partial charge is 0.390 e. The number of aliphatic hydroxyl groups excluding tert-OH is 2. The Labute approximate surface area is 98.8 Å². The molecular weight excluding hydrogens is 224 g/mol. The van der Waals surface area contributed by atoms with Crippen LogP contribution < -0.4 is 5.73 Å². The Morgan fingerprint density at radius 2 is 2.12 bits per heavy atom. The lowest BCUT2D eigenvalue weighted by molar-refractivity contribution is -0.386. The molecule has 0 aliphatic rings. The first-order valence-corrected chi connectivity index (χ1v) is 5.28. The van der Waals surface area contributed by atoms with Crippen LogP contribution in [0.2, 0.25) is 0 Å². The van der Waals surface area contributed by atoms with E-state index < -0.39 is 17.1 Å². The predicted molar refractivity (Wildman–Crippen MR) is 62.5 cm³/mol. The molecule has 94 valence electrons. The summed E-state index contributed by atoms with van der Waals surface area (Å²) in [6.45, 7) is 1.97. The quantitative estimate of drug-likeness (QED) is 0.517. The van der Waals surface area contributed by atoms with Gasteiger partial charge in [0.1, 0.15) is 6.10 Å². The summed E-state index contributed by atoms with van der Waals surface area (Å²) in [4.78, 5) is 10.2. The van der Waals surface area contributed by atoms with Crippen molar-refractivity contribution in [3.05, 3.63) is 39.4 Å². The van der Waals surface area contributed by atoms with Crippen LogP contribution >= 0.6 is 0 Å². The molecule has 2 unspecified atom stereocenters. The zero-order chi connectivity index (χ0) is 13.0. The molecule has 1 aromatic carbocycles. The van der Waals surface area contributed by atoms with Crippen molar-refractivity contribution in [2.24, 2.45) is 5.73 Å². The van der Waals surface area contributed by atoms with Gasteiger partial charge in [0.05, 0.1) is 16.6 Å². The van der Waals surface area contributed by atoms with Crippen LogP contribution in [0.3, 0.4) is 0 Å². The van der Waals surface area contributed by atoms with E-state index in [2.05, 4.69) is 0 Å². The molecule has 0 aromatic heterocycles. The Morgan fingerprint density at radius 1 is 1.47 bits per heavy atom. The maximum atomic E-state index is 10.8. The summed E-state index contributed by atoms with van der Waals surface area (Å²) in [5.74, 6) is 0. The number of rotatable bonds is 5. The molecule has 0 aliphatic carbocycles. The second kappa shape index (κ2) is 5.72. The molecule has 1 aromatic rings. The number of benzene rings is 1. The maximum Gasteiger partial charge on any atom is 0.275 e. The fourth-order valence-corrected chi connectivity index (χ4v) is 1.61. The zero-order valence-corrected chi connectivity index (χ0v) is 9.54. The van der Waals surface area contributed by atoms with E-state index in [0.717, 1.165) is 5.56 Å². The van der Waals surface area contributed by atoms with E-state index in [9.17, 15) is 20.3 Å². The van der Waals surface area contributed by atoms with Crippen molar-refractivity contribution in [2.75, 3.05) is 6.54 Å². The molecule has 0 amide bonds. The van der Waals surface area contributed by atoms with Crippen molar-refractivity contribution in [1.82, 2.24) is 0 Å². The minimum absolute atomic E-state index is 0.121. The highest BCUT2D eigenvalue weighted by Gasteiger charge is 2.25. The van der Waals surface area contributed by atoms with Gasteiger partial charge >= 0.3 is 0 Å². The molecule has 2 atom stereocenters. The molecule has 0 fully saturated rings. The van der Waals surface area contributed by atoms with Crippen molar-refractivity contribution in [2.45, 2.75) is 25.6 Å². The van der Waals surface area contributed by atoms with E-state index >= 15 is 0 Å². The molecule has 6 heteroatoms. The van der Waals surface area contributed by atoms with Crippen molar-refractivity contribution in [3.8, 4) is 0 Å². The molecule has 0 saturated carbocycles. The van der Waals surface area contributed by atoms with Gasteiger partial charge in [-0.3, -0.25) is 10.1 Å². The number of nitro benzene ring substituents is 1.